The number of anilines is 1. The molecule has 1 heterocycles. The summed E-state index contributed by atoms with van der Waals surface area (Å²) in [6.07, 6.45) is 0.980. The molecule has 3 nitrogen and oxygen atoms in total. The van der Waals surface area contributed by atoms with Crippen LogP contribution in [-0.4, -0.2) is 11.7 Å². The smallest absolute Gasteiger partial charge is 0.134 e. The highest BCUT2D eigenvalue weighted by atomic mass is 35.5. The summed E-state index contributed by atoms with van der Waals surface area (Å²) in [5.74, 6) is 1.10. The van der Waals surface area contributed by atoms with Gasteiger partial charge in [0.15, 0.2) is 0 Å². The third-order valence-electron chi connectivity index (χ3n) is 3.20. The van der Waals surface area contributed by atoms with Gasteiger partial charge >= 0.3 is 0 Å². The van der Waals surface area contributed by atoms with Crippen LogP contribution in [-0.2, 0) is 13.0 Å². The summed E-state index contributed by atoms with van der Waals surface area (Å²) in [5, 5.41) is 13.0. The summed E-state index contributed by atoms with van der Waals surface area (Å²) in [4.78, 5) is 0. The summed E-state index contributed by atoms with van der Waals surface area (Å²) in [6.45, 7) is 1.49. The molecule has 0 fully saturated rings. The molecule has 0 atom stereocenters. The number of fused-ring (bicyclic) bond motifs is 1. The van der Waals surface area contributed by atoms with Crippen LogP contribution in [0.3, 0.4) is 0 Å². The lowest BCUT2D eigenvalue weighted by atomic mass is 10.1. The van der Waals surface area contributed by atoms with E-state index < -0.39 is 0 Å². The van der Waals surface area contributed by atoms with Crippen molar-refractivity contribution >= 4 is 17.3 Å². The normalized spacial score (nSPS) is 12.9. The number of aromatic hydroxyl groups is 1. The van der Waals surface area contributed by atoms with E-state index in [0.717, 1.165) is 24.5 Å². The molecule has 0 radical (unpaired) electrons. The first-order valence-electron chi connectivity index (χ1n) is 6.19. The lowest BCUT2D eigenvalue weighted by Crippen LogP contribution is -1.99. The molecule has 0 saturated carbocycles. The van der Waals surface area contributed by atoms with Gasteiger partial charge in [-0.2, -0.15) is 0 Å². The first-order chi connectivity index (χ1) is 9.22. The van der Waals surface area contributed by atoms with E-state index in [1.807, 2.05) is 6.07 Å². The zero-order valence-corrected chi connectivity index (χ0v) is 11.1. The van der Waals surface area contributed by atoms with Crippen LogP contribution in [0.5, 0.6) is 11.5 Å². The lowest BCUT2D eigenvalue weighted by molar-refractivity contribution is 0.357. The predicted molar refractivity (Wildman–Crippen MR) is 76.1 cm³/mol. The minimum atomic E-state index is 0.0990. The highest BCUT2D eigenvalue weighted by molar-refractivity contribution is 6.32. The maximum Gasteiger partial charge on any atom is 0.134 e. The monoisotopic (exact) mass is 275 g/mol. The standard InChI is InChI=1S/C15H14ClNO2/c16-13-8-12(2-3-14(13)18)17-9-10-1-4-15-11(7-10)5-6-19-15/h1-4,7-8,17-18H,5-6,9H2. The maximum atomic E-state index is 9.36. The molecule has 3 rings (SSSR count). The average Bonchev–Trinajstić information content (AvgIpc) is 2.87. The van der Waals surface area contributed by atoms with Crippen molar-refractivity contribution in [3.05, 3.63) is 52.5 Å². The Labute approximate surface area is 116 Å². The van der Waals surface area contributed by atoms with Gasteiger partial charge in [0, 0.05) is 18.7 Å². The van der Waals surface area contributed by atoms with Crippen LogP contribution >= 0.6 is 11.6 Å². The molecule has 98 valence electrons. The number of phenolic OH excluding ortho intramolecular Hbond substituents is 1. The Morgan fingerprint density at radius 1 is 1.21 bits per heavy atom. The summed E-state index contributed by atoms with van der Waals surface area (Å²) in [7, 11) is 0. The zero-order valence-electron chi connectivity index (χ0n) is 10.3. The van der Waals surface area contributed by atoms with E-state index in [1.165, 1.54) is 11.1 Å². The van der Waals surface area contributed by atoms with Crippen LogP contribution in [0.1, 0.15) is 11.1 Å². The van der Waals surface area contributed by atoms with E-state index in [0.29, 0.717) is 11.6 Å². The van der Waals surface area contributed by atoms with E-state index >= 15 is 0 Å². The van der Waals surface area contributed by atoms with Crippen molar-refractivity contribution in [2.24, 2.45) is 0 Å². The second-order valence-electron chi connectivity index (χ2n) is 4.56. The van der Waals surface area contributed by atoms with Gasteiger partial charge in [0.2, 0.25) is 0 Å². The van der Waals surface area contributed by atoms with E-state index in [9.17, 15) is 5.11 Å². The van der Waals surface area contributed by atoms with Crippen LogP contribution in [0.4, 0.5) is 5.69 Å². The molecular weight excluding hydrogens is 262 g/mol. The second kappa shape index (κ2) is 5.02. The molecule has 19 heavy (non-hydrogen) atoms. The van der Waals surface area contributed by atoms with Gasteiger partial charge in [0.1, 0.15) is 11.5 Å². The molecule has 2 aromatic carbocycles. The van der Waals surface area contributed by atoms with E-state index in [4.69, 9.17) is 16.3 Å². The second-order valence-corrected chi connectivity index (χ2v) is 4.97. The molecule has 0 aromatic heterocycles. The molecule has 1 aliphatic heterocycles. The molecule has 0 saturated heterocycles. The van der Waals surface area contributed by atoms with Gasteiger partial charge in [0.25, 0.3) is 0 Å². The third-order valence-corrected chi connectivity index (χ3v) is 3.50. The molecule has 4 heteroatoms. The Morgan fingerprint density at radius 2 is 2.11 bits per heavy atom. The molecule has 0 unspecified atom stereocenters. The SMILES string of the molecule is Oc1ccc(NCc2ccc3c(c2)CCO3)cc1Cl. The minimum absolute atomic E-state index is 0.0990. The molecule has 1 aliphatic rings. The van der Waals surface area contributed by atoms with Gasteiger partial charge in [-0.05, 0) is 35.4 Å². The lowest BCUT2D eigenvalue weighted by Gasteiger charge is -2.08. The van der Waals surface area contributed by atoms with E-state index in [-0.39, 0.29) is 5.75 Å². The summed E-state index contributed by atoms with van der Waals surface area (Å²) in [5.41, 5.74) is 3.36. The molecule has 0 amide bonds. The number of hydrogen-bond donors (Lipinski definition) is 2. The van der Waals surface area contributed by atoms with Crippen molar-refractivity contribution < 1.29 is 9.84 Å². The number of nitrogens with one attached hydrogen (secondary N) is 1. The predicted octanol–water partition coefficient (Wildman–Crippen LogP) is 3.59. The largest absolute Gasteiger partial charge is 0.506 e. The molecule has 0 spiro atoms. The first-order valence-corrected chi connectivity index (χ1v) is 6.57. The van der Waals surface area contributed by atoms with Crippen LogP contribution < -0.4 is 10.1 Å². The quantitative estimate of drug-likeness (QED) is 0.841. The van der Waals surface area contributed by atoms with Gasteiger partial charge in [-0.1, -0.05) is 23.7 Å². The fourth-order valence-corrected chi connectivity index (χ4v) is 2.35. The van der Waals surface area contributed by atoms with Crippen molar-refractivity contribution in [2.45, 2.75) is 13.0 Å². The fourth-order valence-electron chi connectivity index (χ4n) is 2.17. The number of benzene rings is 2. The fraction of sp³-hybridized carbons (Fsp3) is 0.200. The third kappa shape index (κ3) is 2.61. The van der Waals surface area contributed by atoms with Crippen molar-refractivity contribution in [3.8, 4) is 11.5 Å². The van der Waals surface area contributed by atoms with Crippen molar-refractivity contribution in [1.82, 2.24) is 0 Å². The number of rotatable bonds is 3. The number of hydrogen-bond acceptors (Lipinski definition) is 3. The molecule has 0 aliphatic carbocycles. The van der Waals surface area contributed by atoms with Crippen LogP contribution in [0, 0.1) is 0 Å². The molecule has 2 N–H and O–H groups in total. The first kappa shape index (κ1) is 12.2. The Morgan fingerprint density at radius 3 is 2.95 bits per heavy atom. The number of halogens is 1. The molecule has 0 bridgehead atoms. The van der Waals surface area contributed by atoms with Gasteiger partial charge < -0.3 is 15.2 Å². The highest BCUT2D eigenvalue weighted by Gasteiger charge is 2.11. The van der Waals surface area contributed by atoms with Gasteiger partial charge in [-0.25, -0.2) is 0 Å². The number of phenols is 1. The topological polar surface area (TPSA) is 41.5 Å². The summed E-state index contributed by atoms with van der Waals surface area (Å²) >= 11 is 5.87. The zero-order chi connectivity index (χ0) is 13.2. The molecule has 2 aromatic rings. The van der Waals surface area contributed by atoms with Gasteiger partial charge in [0.05, 0.1) is 11.6 Å². The van der Waals surface area contributed by atoms with Crippen molar-refractivity contribution in [1.29, 1.82) is 0 Å². The summed E-state index contributed by atoms with van der Waals surface area (Å²) < 4.78 is 5.48. The maximum absolute atomic E-state index is 9.36. The summed E-state index contributed by atoms with van der Waals surface area (Å²) in [6, 6.07) is 11.3. The van der Waals surface area contributed by atoms with Gasteiger partial charge in [-0.3, -0.25) is 0 Å². The van der Waals surface area contributed by atoms with Crippen LogP contribution in [0.2, 0.25) is 5.02 Å². The minimum Gasteiger partial charge on any atom is -0.506 e. The number of ether oxygens (including phenoxy) is 1. The van der Waals surface area contributed by atoms with E-state index in [1.54, 1.807) is 18.2 Å². The van der Waals surface area contributed by atoms with Crippen molar-refractivity contribution in [2.75, 3.05) is 11.9 Å². The van der Waals surface area contributed by atoms with Crippen LogP contribution in [0.25, 0.3) is 0 Å². The Balaban J connectivity index is 1.70. The Bertz CT molecular complexity index is 613. The van der Waals surface area contributed by atoms with Gasteiger partial charge in [-0.15, -0.1) is 0 Å². The Hall–Kier alpha value is -1.87. The average molecular weight is 276 g/mol. The Kier molecular flexibility index (Phi) is 3.22. The van der Waals surface area contributed by atoms with Crippen molar-refractivity contribution in [3.63, 3.8) is 0 Å². The van der Waals surface area contributed by atoms with Crippen LogP contribution in [0.15, 0.2) is 36.4 Å². The molecular formula is C15H14ClNO2. The highest BCUT2D eigenvalue weighted by Crippen LogP contribution is 2.28. The van der Waals surface area contributed by atoms with E-state index in [2.05, 4.69) is 17.4 Å².